The van der Waals surface area contributed by atoms with Gasteiger partial charge in [0.15, 0.2) is 0 Å². The van der Waals surface area contributed by atoms with Crippen LogP contribution in [0.3, 0.4) is 0 Å². The maximum absolute atomic E-state index is 5.35. The third kappa shape index (κ3) is 1.83. The summed E-state index contributed by atoms with van der Waals surface area (Å²) in [5.41, 5.74) is 3.80. The van der Waals surface area contributed by atoms with Gasteiger partial charge in [0.2, 0.25) is 0 Å². The maximum atomic E-state index is 5.35. The number of hydrogen-bond donors (Lipinski definition) is 0. The number of ether oxygens (including phenoxy) is 1. The van der Waals surface area contributed by atoms with E-state index >= 15 is 0 Å². The van der Waals surface area contributed by atoms with Gasteiger partial charge in [0.1, 0.15) is 5.75 Å². The summed E-state index contributed by atoms with van der Waals surface area (Å²) in [6, 6.07) is 2.19. The van der Waals surface area contributed by atoms with E-state index in [1.54, 1.807) is 18.9 Å². The lowest BCUT2D eigenvalue weighted by molar-refractivity contribution is 0.407. The largest absolute Gasteiger partial charge is 0.496 e. The molecular formula is C11H16OS. The average molecular weight is 196 g/mol. The van der Waals surface area contributed by atoms with E-state index in [1.807, 2.05) is 0 Å². The van der Waals surface area contributed by atoms with Crippen LogP contribution in [-0.4, -0.2) is 13.4 Å². The number of hydrogen-bond acceptors (Lipinski definition) is 2. The lowest BCUT2D eigenvalue weighted by atomic mass is 10.1. The number of thioether (sulfide) groups is 1. The van der Waals surface area contributed by atoms with E-state index in [4.69, 9.17) is 4.74 Å². The van der Waals surface area contributed by atoms with E-state index in [0.29, 0.717) is 0 Å². The highest BCUT2D eigenvalue weighted by Gasteiger charge is 2.09. The standard InChI is InChI=1S/C11H16OS/c1-7-6-10(13-5)8(2)9(3)11(7)12-4/h6H,1-5H3. The van der Waals surface area contributed by atoms with E-state index < -0.39 is 0 Å². The molecule has 0 aliphatic rings. The van der Waals surface area contributed by atoms with Crippen molar-refractivity contribution in [2.24, 2.45) is 0 Å². The van der Waals surface area contributed by atoms with Crippen molar-refractivity contribution < 1.29 is 4.74 Å². The van der Waals surface area contributed by atoms with Crippen molar-refractivity contribution in [3.8, 4) is 5.75 Å². The second-order valence-corrected chi connectivity index (χ2v) is 4.03. The minimum atomic E-state index is 1.02. The molecule has 0 fully saturated rings. The summed E-state index contributed by atoms with van der Waals surface area (Å²) in [4.78, 5) is 1.34. The van der Waals surface area contributed by atoms with E-state index in [-0.39, 0.29) is 0 Å². The molecule has 1 nitrogen and oxygen atoms in total. The zero-order chi connectivity index (χ0) is 10.0. The van der Waals surface area contributed by atoms with Crippen LogP contribution in [0.2, 0.25) is 0 Å². The van der Waals surface area contributed by atoms with Crippen molar-refractivity contribution in [3.05, 3.63) is 22.8 Å². The third-order valence-electron chi connectivity index (χ3n) is 2.40. The maximum Gasteiger partial charge on any atom is 0.125 e. The van der Waals surface area contributed by atoms with Crippen molar-refractivity contribution in [2.75, 3.05) is 13.4 Å². The normalized spacial score (nSPS) is 10.2. The molecule has 1 rings (SSSR count). The fourth-order valence-electron chi connectivity index (χ4n) is 1.55. The Labute approximate surface area is 84.5 Å². The Kier molecular flexibility index (Phi) is 3.26. The van der Waals surface area contributed by atoms with Crippen LogP contribution < -0.4 is 4.74 Å². The van der Waals surface area contributed by atoms with Crippen LogP contribution in [0.5, 0.6) is 5.75 Å². The Balaban J connectivity index is 3.37. The van der Waals surface area contributed by atoms with Crippen LogP contribution in [0.25, 0.3) is 0 Å². The summed E-state index contributed by atoms with van der Waals surface area (Å²) in [5.74, 6) is 1.02. The highest BCUT2D eigenvalue weighted by Crippen LogP contribution is 2.32. The summed E-state index contributed by atoms with van der Waals surface area (Å²) >= 11 is 1.79. The Morgan fingerprint density at radius 3 is 2.23 bits per heavy atom. The predicted octanol–water partition coefficient (Wildman–Crippen LogP) is 3.34. The predicted molar refractivity (Wildman–Crippen MR) is 59.0 cm³/mol. The van der Waals surface area contributed by atoms with Gasteiger partial charge in [-0.3, -0.25) is 0 Å². The SMILES string of the molecule is COc1c(C)cc(SC)c(C)c1C. The first kappa shape index (κ1) is 10.5. The molecule has 0 aliphatic heterocycles. The van der Waals surface area contributed by atoms with Crippen molar-refractivity contribution in [1.29, 1.82) is 0 Å². The number of benzene rings is 1. The van der Waals surface area contributed by atoms with Crippen molar-refractivity contribution in [2.45, 2.75) is 25.7 Å². The number of rotatable bonds is 2. The second kappa shape index (κ2) is 4.05. The summed E-state index contributed by atoms with van der Waals surface area (Å²) in [6.07, 6.45) is 2.10. The highest BCUT2D eigenvalue weighted by molar-refractivity contribution is 7.98. The fraction of sp³-hybridized carbons (Fsp3) is 0.455. The van der Waals surface area contributed by atoms with E-state index in [2.05, 4.69) is 33.1 Å². The first-order valence-corrected chi connectivity index (χ1v) is 5.53. The molecular weight excluding hydrogens is 180 g/mol. The fourth-order valence-corrected chi connectivity index (χ4v) is 2.30. The Morgan fingerprint density at radius 1 is 1.15 bits per heavy atom. The van der Waals surface area contributed by atoms with E-state index in [9.17, 15) is 0 Å². The minimum absolute atomic E-state index is 1.02. The number of methoxy groups -OCH3 is 1. The lowest BCUT2D eigenvalue weighted by Gasteiger charge is -2.13. The van der Waals surface area contributed by atoms with Gasteiger partial charge in [0, 0.05) is 4.90 Å². The Morgan fingerprint density at radius 2 is 1.77 bits per heavy atom. The molecule has 0 aliphatic carbocycles. The third-order valence-corrected chi connectivity index (χ3v) is 3.27. The number of aryl methyl sites for hydroxylation is 1. The van der Waals surface area contributed by atoms with Gasteiger partial charge in [-0.1, -0.05) is 0 Å². The van der Waals surface area contributed by atoms with Crippen LogP contribution in [0, 0.1) is 20.8 Å². The van der Waals surface area contributed by atoms with Crippen LogP contribution in [-0.2, 0) is 0 Å². The van der Waals surface area contributed by atoms with Crippen LogP contribution in [0.15, 0.2) is 11.0 Å². The van der Waals surface area contributed by atoms with Gasteiger partial charge in [0.05, 0.1) is 7.11 Å². The van der Waals surface area contributed by atoms with Crippen molar-refractivity contribution in [3.63, 3.8) is 0 Å². The molecule has 0 aromatic heterocycles. The first-order valence-electron chi connectivity index (χ1n) is 4.30. The molecule has 0 saturated heterocycles. The van der Waals surface area contributed by atoms with Gasteiger partial charge in [-0.2, -0.15) is 0 Å². The van der Waals surface area contributed by atoms with Gasteiger partial charge >= 0.3 is 0 Å². The van der Waals surface area contributed by atoms with Crippen LogP contribution >= 0.6 is 11.8 Å². The van der Waals surface area contributed by atoms with Crippen molar-refractivity contribution in [1.82, 2.24) is 0 Å². The van der Waals surface area contributed by atoms with Crippen LogP contribution in [0.1, 0.15) is 16.7 Å². The van der Waals surface area contributed by atoms with Gasteiger partial charge in [-0.05, 0) is 49.8 Å². The van der Waals surface area contributed by atoms with Crippen molar-refractivity contribution >= 4 is 11.8 Å². The smallest absolute Gasteiger partial charge is 0.125 e. The van der Waals surface area contributed by atoms with E-state index in [1.165, 1.54) is 21.6 Å². The molecule has 1 aromatic carbocycles. The molecule has 0 unspecified atom stereocenters. The zero-order valence-electron chi connectivity index (χ0n) is 8.89. The monoisotopic (exact) mass is 196 g/mol. The van der Waals surface area contributed by atoms with E-state index in [0.717, 1.165) is 5.75 Å². The highest BCUT2D eigenvalue weighted by atomic mass is 32.2. The van der Waals surface area contributed by atoms with Gasteiger partial charge in [0.25, 0.3) is 0 Å². The average Bonchev–Trinajstić information content (AvgIpc) is 2.12. The molecule has 0 spiro atoms. The quantitative estimate of drug-likeness (QED) is 0.671. The molecule has 13 heavy (non-hydrogen) atoms. The minimum Gasteiger partial charge on any atom is -0.496 e. The first-order chi connectivity index (χ1) is 6.11. The zero-order valence-corrected chi connectivity index (χ0v) is 9.71. The van der Waals surface area contributed by atoms with Gasteiger partial charge < -0.3 is 4.74 Å². The molecule has 0 saturated carbocycles. The molecule has 0 N–H and O–H groups in total. The molecule has 0 heterocycles. The second-order valence-electron chi connectivity index (χ2n) is 3.18. The summed E-state index contributed by atoms with van der Waals surface area (Å²) in [6.45, 7) is 6.34. The van der Waals surface area contributed by atoms with Gasteiger partial charge in [-0.25, -0.2) is 0 Å². The Bertz CT molecular complexity index is 318. The molecule has 2 heteroatoms. The molecule has 0 amide bonds. The molecule has 0 bridgehead atoms. The molecule has 0 radical (unpaired) electrons. The topological polar surface area (TPSA) is 9.23 Å². The molecule has 0 atom stereocenters. The molecule has 72 valence electrons. The summed E-state index contributed by atoms with van der Waals surface area (Å²) < 4.78 is 5.35. The summed E-state index contributed by atoms with van der Waals surface area (Å²) in [5, 5.41) is 0. The summed E-state index contributed by atoms with van der Waals surface area (Å²) in [7, 11) is 1.73. The lowest BCUT2D eigenvalue weighted by Crippen LogP contribution is -1.95. The van der Waals surface area contributed by atoms with Crippen LogP contribution in [0.4, 0.5) is 0 Å². The van der Waals surface area contributed by atoms with Gasteiger partial charge in [-0.15, -0.1) is 11.8 Å². The molecule has 1 aromatic rings. The Hall–Kier alpha value is -0.630.